The smallest absolute Gasteiger partial charge is 0.342 e. The number of benzene rings is 2. The van der Waals surface area contributed by atoms with Crippen molar-refractivity contribution < 1.29 is 28.9 Å². The van der Waals surface area contributed by atoms with E-state index in [1.165, 1.54) is 0 Å². The highest BCUT2D eigenvalue weighted by molar-refractivity contribution is 6.02. The Kier molecular flexibility index (Phi) is 6.45. The van der Waals surface area contributed by atoms with Crippen molar-refractivity contribution in [3.8, 4) is 17.2 Å². The Morgan fingerprint density at radius 1 is 0.926 bits per heavy atom. The normalized spacial score (nSPS) is 10.4. The van der Waals surface area contributed by atoms with Crippen LogP contribution in [-0.2, 0) is 9.47 Å². The molecule has 0 atom stereocenters. The van der Waals surface area contributed by atoms with E-state index >= 15 is 0 Å². The average molecular weight is 372 g/mol. The molecule has 0 spiro atoms. The minimum atomic E-state index is -0.729. The van der Waals surface area contributed by atoms with Gasteiger partial charge in [0.2, 0.25) is 0 Å². The third kappa shape index (κ3) is 4.22. The number of aromatic hydroxyl groups is 1. The maximum atomic E-state index is 12.5. The molecule has 0 aliphatic heterocycles. The van der Waals surface area contributed by atoms with Crippen LogP contribution in [0.2, 0.25) is 0 Å². The van der Waals surface area contributed by atoms with E-state index in [1.54, 1.807) is 39.8 Å². The fraction of sp³-hybridized carbons (Fsp3) is 0.333. The number of phenols is 1. The van der Waals surface area contributed by atoms with Gasteiger partial charge in [0.15, 0.2) is 11.5 Å². The molecule has 2 aromatic rings. The van der Waals surface area contributed by atoms with Crippen molar-refractivity contribution in [3.05, 3.63) is 52.1 Å². The third-order valence-corrected chi connectivity index (χ3v) is 4.09. The number of carbonyl (C=O) groups excluding carboxylic acids is 2. The molecule has 0 unspecified atom stereocenters. The second-order valence-corrected chi connectivity index (χ2v) is 6.04. The van der Waals surface area contributed by atoms with E-state index < -0.39 is 11.9 Å². The molecule has 6 heteroatoms. The minimum Gasteiger partial charge on any atom is -0.504 e. The molecule has 27 heavy (non-hydrogen) atoms. The van der Waals surface area contributed by atoms with Crippen LogP contribution in [0.1, 0.15) is 51.3 Å². The summed E-state index contributed by atoms with van der Waals surface area (Å²) in [6.45, 7) is 8.79. The number of aryl methyl sites for hydroxylation is 1. The van der Waals surface area contributed by atoms with Crippen molar-refractivity contribution in [2.45, 2.75) is 34.6 Å². The summed E-state index contributed by atoms with van der Waals surface area (Å²) in [4.78, 5) is 24.9. The van der Waals surface area contributed by atoms with E-state index in [1.807, 2.05) is 19.1 Å². The summed E-state index contributed by atoms with van der Waals surface area (Å²) < 4.78 is 16.0. The molecule has 0 bridgehead atoms. The molecule has 0 amide bonds. The highest BCUT2D eigenvalue weighted by atomic mass is 16.5. The SMILES string of the molecule is CCOC(=O)c1c(C)c(Oc2cccc(C)c2)c(O)c(C(=O)OCC)c1C. The lowest BCUT2D eigenvalue weighted by molar-refractivity contribution is 0.0520. The summed E-state index contributed by atoms with van der Waals surface area (Å²) in [5, 5.41) is 10.7. The number of hydrogen-bond donors (Lipinski definition) is 1. The van der Waals surface area contributed by atoms with Crippen LogP contribution in [0.5, 0.6) is 17.2 Å². The molecule has 2 rings (SSSR count). The van der Waals surface area contributed by atoms with Gasteiger partial charge in [0.25, 0.3) is 0 Å². The Bertz CT molecular complexity index is 824. The highest BCUT2D eigenvalue weighted by Crippen LogP contribution is 2.42. The zero-order valence-corrected chi connectivity index (χ0v) is 16.2. The third-order valence-electron chi connectivity index (χ3n) is 4.09. The van der Waals surface area contributed by atoms with Crippen molar-refractivity contribution in [3.63, 3.8) is 0 Å². The van der Waals surface area contributed by atoms with Crippen molar-refractivity contribution >= 4 is 11.9 Å². The molecule has 0 radical (unpaired) electrons. The maximum absolute atomic E-state index is 12.5. The van der Waals surface area contributed by atoms with Crippen LogP contribution in [0.4, 0.5) is 0 Å². The monoisotopic (exact) mass is 372 g/mol. The number of hydrogen-bond acceptors (Lipinski definition) is 6. The van der Waals surface area contributed by atoms with Crippen LogP contribution >= 0.6 is 0 Å². The van der Waals surface area contributed by atoms with Gasteiger partial charge < -0.3 is 19.3 Å². The van der Waals surface area contributed by atoms with Crippen LogP contribution < -0.4 is 4.74 Å². The summed E-state index contributed by atoms with van der Waals surface area (Å²) in [6.07, 6.45) is 0. The molecule has 2 aromatic carbocycles. The Balaban J connectivity index is 2.70. The van der Waals surface area contributed by atoms with Crippen LogP contribution in [0.15, 0.2) is 24.3 Å². The van der Waals surface area contributed by atoms with Gasteiger partial charge in [-0.2, -0.15) is 0 Å². The van der Waals surface area contributed by atoms with Gasteiger partial charge in [-0.25, -0.2) is 9.59 Å². The largest absolute Gasteiger partial charge is 0.504 e. The first kappa shape index (κ1) is 20.3. The second-order valence-electron chi connectivity index (χ2n) is 6.04. The van der Waals surface area contributed by atoms with E-state index in [2.05, 4.69) is 0 Å². The number of ether oxygens (including phenoxy) is 3. The van der Waals surface area contributed by atoms with Gasteiger partial charge in [-0.1, -0.05) is 12.1 Å². The Labute approximate surface area is 158 Å². The lowest BCUT2D eigenvalue weighted by Crippen LogP contribution is -2.15. The maximum Gasteiger partial charge on any atom is 0.342 e. The minimum absolute atomic E-state index is 0.0253. The average Bonchev–Trinajstić information content (AvgIpc) is 2.59. The van der Waals surface area contributed by atoms with Crippen molar-refractivity contribution in [2.24, 2.45) is 0 Å². The number of phenolic OH excluding ortho intramolecular Hbond substituents is 1. The first-order valence-electron chi connectivity index (χ1n) is 8.76. The van der Waals surface area contributed by atoms with Crippen LogP contribution in [0, 0.1) is 20.8 Å². The van der Waals surface area contributed by atoms with E-state index in [0.717, 1.165) is 5.56 Å². The Morgan fingerprint density at radius 2 is 1.52 bits per heavy atom. The van der Waals surface area contributed by atoms with Gasteiger partial charge >= 0.3 is 11.9 Å². The standard InChI is InChI=1S/C21H24O6/c1-6-25-20(23)16-13(4)17(21(24)26-7-2)18(22)19(14(16)5)27-15-10-8-9-12(3)11-15/h8-11,22H,6-7H2,1-5H3. The fourth-order valence-electron chi connectivity index (χ4n) is 2.87. The predicted molar refractivity (Wildman–Crippen MR) is 101 cm³/mol. The lowest BCUT2D eigenvalue weighted by atomic mass is 9.95. The topological polar surface area (TPSA) is 82.1 Å². The van der Waals surface area contributed by atoms with E-state index in [9.17, 15) is 14.7 Å². The van der Waals surface area contributed by atoms with Gasteiger partial charge in [-0.3, -0.25) is 0 Å². The molecule has 144 valence electrons. The molecular formula is C21H24O6. The van der Waals surface area contributed by atoms with Crippen LogP contribution in [0.25, 0.3) is 0 Å². The first-order valence-corrected chi connectivity index (χ1v) is 8.76. The first-order chi connectivity index (χ1) is 12.8. The summed E-state index contributed by atoms with van der Waals surface area (Å²) in [5.74, 6) is -1.18. The second kappa shape index (κ2) is 8.58. The summed E-state index contributed by atoms with van der Waals surface area (Å²) in [5.41, 5.74) is 1.72. The van der Waals surface area contributed by atoms with Gasteiger partial charge in [0.1, 0.15) is 11.3 Å². The molecule has 0 saturated carbocycles. The Morgan fingerprint density at radius 3 is 2.07 bits per heavy atom. The molecule has 0 aliphatic carbocycles. The van der Waals surface area contributed by atoms with Gasteiger partial charge in [0, 0.05) is 5.56 Å². The van der Waals surface area contributed by atoms with E-state index in [0.29, 0.717) is 16.9 Å². The molecule has 0 fully saturated rings. The van der Waals surface area contributed by atoms with Gasteiger partial charge in [0.05, 0.1) is 18.8 Å². The molecule has 1 N–H and O–H groups in total. The molecule has 0 aromatic heterocycles. The molecule has 0 saturated heterocycles. The zero-order valence-electron chi connectivity index (χ0n) is 16.2. The van der Waals surface area contributed by atoms with Crippen molar-refractivity contribution in [1.82, 2.24) is 0 Å². The van der Waals surface area contributed by atoms with Crippen molar-refractivity contribution in [2.75, 3.05) is 13.2 Å². The highest BCUT2D eigenvalue weighted by Gasteiger charge is 2.29. The van der Waals surface area contributed by atoms with Crippen LogP contribution in [0.3, 0.4) is 0 Å². The van der Waals surface area contributed by atoms with Crippen LogP contribution in [-0.4, -0.2) is 30.3 Å². The lowest BCUT2D eigenvalue weighted by Gasteiger charge is -2.19. The molecule has 6 nitrogen and oxygen atoms in total. The zero-order chi connectivity index (χ0) is 20.1. The molecule has 0 aliphatic rings. The Hall–Kier alpha value is -3.02. The van der Waals surface area contributed by atoms with Crippen molar-refractivity contribution in [1.29, 1.82) is 0 Å². The number of esters is 2. The summed E-state index contributed by atoms with van der Waals surface area (Å²) in [6, 6.07) is 7.22. The van der Waals surface area contributed by atoms with Gasteiger partial charge in [-0.15, -0.1) is 0 Å². The predicted octanol–water partition coefficient (Wildman–Crippen LogP) is 4.46. The summed E-state index contributed by atoms with van der Waals surface area (Å²) >= 11 is 0. The molecular weight excluding hydrogens is 348 g/mol. The molecule has 0 heterocycles. The van der Waals surface area contributed by atoms with E-state index in [4.69, 9.17) is 14.2 Å². The quantitative estimate of drug-likeness (QED) is 0.754. The number of rotatable bonds is 6. The summed E-state index contributed by atoms with van der Waals surface area (Å²) in [7, 11) is 0. The fourth-order valence-corrected chi connectivity index (χ4v) is 2.87. The van der Waals surface area contributed by atoms with Gasteiger partial charge in [-0.05, 0) is 57.9 Å². The van der Waals surface area contributed by atoms with E-state index in [-0.39, 0.29) is 35.8 Å². The number of carbonyl (C=O) groups is 2.